The van der Waals surface area contributed by atoms with Crippen molar-refractivity contribution in [2.24, 2.45) is 10.8 Å². The van der Waals surface area contributed by atoms with Gasteiger partial charge in [-0.1, -0.05) is 34.6 Å². The zero-order valence-corrected chi connectivity index (χ0v) is 15.2. The summed E-state index contributed by atoms with van der Waals surface area (Å²) in [6.07, 6.45) is 0. The van der Waals surface area contributed by atoms with Gasteiger partial charge in [0.2, 0.25) is 0 Å². The molecule has 0 rings (SSSR count). The van der Waals surface area contributed by atoms with E-state index in [4.69, 9.17) is 0 Å². The molecule has 0 heterocycles. The predicted molar refractivity (Wildman–Crippen MR) is 83.8 cm³/mol. The van der Waals surface area contributed by atoms with Crippen LogP contribution in [0.1, 0.15) is 76.2 Å². The molecule has 110 valence electrons. The standard InChI is InChI=1S/C17H38N/c1-13-18(12,15(5,6)7)17(10,11)16(8,9)14(2,3)4/h13H2,1-12H3/q+1. The van der Waals surface area contributed by atoms with E-state index in [1.54, 1.807) is 0 Å². The quantitative estimate of drug-likeness (QED) is 0.616. The van der Waals surface area contributed by atoms with Crippen molar-refractivity contribution in [1.29, 1.82) is 0 Å². The third-order valence-electron chi connectivity index (χ3n) is 6.75. The molecule has 0 amide bonds. The van der Waals surface area contributed by atoms with Crippen molar-refractivity contribution >= 4 is 0 Å². The molecule has 0 fully saturated rings. The Hall–Kier alpha value is -0.0400. The maximum atomic E-state index is 2.45. The number of quaternary nitrogens is 1. The van der Waals surface area contributed by atoms with Crippen LogP contribution < -0.4 is 0 Å². The van der Waals surface area contributed by atoms with Crippen molar-refractivity contribution < 1.29 is 4.48 Å². The van der Waals surface area contributed by atoms with Crippen molar-refractivity contribution in [3.8, 4) is 0 Å². The molecule has 0 bridgehead atoms. The summed E-state index contributed by atoms with van der Waals surface area (Å²) in [5.41, 5.74) is 0.994. The van der Waals surface area contributed by atoms with Crippen molar-refractivity contribution in [3.05, 3.63) is 0 Å². The number of hydrogen-bond donors (Lipinski definition) is 0. The van der Waals surface area contributed by atoms with Crippen LogP contribution >= 0.6 is 0 Å². The smallest absolute Gasteiger partial charge is 0.0993 e. The van der Waals surface area contributed by atoms with E-state index in [0.29, 0.717) is 0 Å². The first-order valence-corrected chi connectivity index (χ1v) is 7.42. The molecule has 1 nitrogen and oxygen atoms in total. The summed E-state index contributed by atoms with van der Waals surface area (Å²) in [5.74, 6) is 0. The molecule has 0 aromatic carbocycles. The van der Waals surface area contributed by atoms with Crippen LogP contribution in [0.2, 0.25) is 0 Å². The van der Waals surface area contributed by atoms with Crippen LogP contribution in [-0.2, 0) is 0 Å². The fourth-order valence-electron chi connectivity index (χ4n) is 3.24. The number of nitrogens with zero attached hydrogens (tertiary/aromatic N) is 1. The zero-order valence-electron chi connectivity index (χ0n) is 15.2. The summed E-state index contributed by atoms with van der Waals surface area (Å²) in [6.45, 7) is 27.5. The lowest BCUT2D eigenvalue weighted by Gasteiger charge is -2.63. The summed E-state index contributed by atoms with van der Waals surface area (Å²) in [6, 6.07) is 0. The molecule has 0 spiro atoms. The lowest BCUT2D eigenvalue weighted by atomic mass is 9.57. The van der Waals surface area contributed by atoms with Gasteiger partial charge in [0, 0.05) is 5.41 Å². The molecule has 0 aliphatic carbocycles. The Balaban J connectivity index is 5.91. The van der Waals surface area contributed by atoms with E-state index in [2.05, 4.69) is 83.2 Å². The molecule has 1 heteroatoms. The van der Waals surface area contributed by atoms with Gasteiger partial charge in [-0.15, -0.1) is 0 Å². The molecule has 1 unspecified atom stereocenters. The normalized spacial score (nSPS) is 18.7. The summed E-state index contributed by atoms with van der Waals surface area (Å²) < 4.78 is 1.09. The van der Waals surface area contributed by atoms with E-state index in [9.17, 15) is 0 Å². The second kappa shape index (κ2) is 4.51. The highest BCUT2D eigenvalue weighted by Crippen LogP contribution is 2.53. The van der Waals surface area contributed by atoms with E-state index in [0.717, 1.165) is 11.0 Å². The molecule has 18 heavy (non-hydrogen) atoms. The number of rotatable bonds is 3. The maximum Gasteiger partial charge on any atom is 0.0993 e. The van der Waals surface area contributed by atoms with Crippen LogP contribution in [0.5, 0.6) is 0 Å². The first-order valence-electron chi connectivity index (χ1n) is 7.42. The monoisotopic (exact) mass is 256 g/mol. The van der Waals surface area contributed by atoms with Crippen molar-refractivity contribution in [3.63, 3.8) is 0 Å². The first kappa shape index (κ1) is 18.0. The highest BCUT2D eigenvalue weighted by Gasteiger charge is 2.58. The van der Waals surface area contributed by atoms with Gasteiger partial charge in [0.05, 0.1) is 24.7 Å². The van der Waals surface area contributed by atoms with Crippen LogP contribution in [0.15, 0.2) is 0 Å². The molecule has 0 aliphatic rings. The minimum absolute atomic E-state index is 0.207. The lowest BCUT2D eigenvalue weighted by molar-refractivity contribution is -1.00. The van der Waals surface area contributed by atoms with Gasteiger partial charge in [-0.2, -0.15) is 0 Å². The zero-order chi connectivity index (χ0) is 15.2. The van der Waals surface area contributed by atoms with E-state index in [1.807, 2.05) is 0 Å². The van der Waals surface area contributed by atoms with Crippen LogP contribution in [0, 0.1) is 10.8 Å². The Morgan fingerprint density at radius 2 is 1.06 bits per heavy atom. The second-order valence-corrected chi connectivity index (χ2v) is 9.11. The molecule has 0 aromatic heterocycles. The van der Waals surface area contributed by atoms with Crippen molar-refractivity contribution in [2.45, 2.75) is 87.2 Å². The minimum Gasteiger partial charge on any atom is -0.317 e. The van der Waals surface area contributed by atoms with Crippen LogP contribution in [0.4, 0.5) is 0 Å². The summed E-state index contributed by atoms with van der Waals surface area (Å²) in [4.78, 5) is 0. The Labute approximate surface area is 117 Å². The average molecular weight is 256 g/mol. The van der Waals surface area contributed by atoms with Crippen LogP contribution in [0.3, 0.4) is 0 Å². The molecule has 0 radical (unpaired) electrons. The van der Waals surface area contributed by atoms with E-state index in [-0.39, 0.29) is 21.9 Å². The summed E-state index contributed by atoms with van der Waals surface area (Å²) in [5, 5.41) is 0. The second-order valence-electron chi connectivity index (χ2n) is 9.11. The molecule has 0 N–H and O–H groups in total. The summed E-state index contributed by atoms with van der Waals surface area (Å²) >= 11 is 0. The van der Waals surface area contributed by atoms with Gasteiger partial charge in [0.1, 0.15) is 0 Å². The highest BCUT2D eigenvalue weighted by atomic mass is 15.4. The molecule has 0 saturated carbocycles. The summed E-state index contributed by atoms with van der Waals surface area (Å²) in [7, 11) is 2.42. The third kappa shape index (κ3) is 2.35. The molecule has 1 atom stereocenters. The van der Waals surface area contributed by atoms with E-state index >= 15 is 0 Å². The van der Waals surface area contributed by atoms with E-state index < -0.39 is 0 Å². The SMILES string of the molecule is CC[N+](C)(C(C)(C)C)C(C)(C)C(C)(C)C(C)(C)C. The molecule has 0 aliphatic heterocycles. The molecular formula is C17H38N+. The fourth-order valence-corrected chi connectivity index (χ4v) is 3.24. The topological polar surface area (TPSA) is 0 Å². The Bertz CT molecular complexity index is 286. The molecule has 0 saturated heterocycles. The Morgan fingerprint density at radius 3 is 1.22 bits per heavy atom. The largest absolute Gasteiger partial charge is 0.317 e. The highest BCUT2D eigenvalue weighted by molar-refractivity contribution is 4.97. The Kier molecular flexibility index (Phi) is 4.50. The van der Waals surface area contributed by atoms with Gasteiger partial charge < -0.3 is 4.48 Å². The van der Waals surface area contributed by atoms with Gasteiger partial charge in [-0.05, 0) is 47.0 Å². The van der Waals surface area contributed by atoms with Gasteiger partial charge in [-0.3, -0.25) is 0 Å². The predicted octanol–water partition coefficient (Wildman–Crippen LogP) is 5.10. The Morgan fingerprint density at radius 1 is 0.722 bits per heavy atom. The maximum absolute atomic E-state index is 2.45. The molecular weight excluding hydrogens is 218 g/mol. The minimum atomic E-state index is 0.207. The number of hydrogen-bond acceptors (Lipinski definition) is 0. The van der Waals surface area contributed by atoms with Gasteiger partial charge in [-0.25, -0.2) is 0 Å². The first-order chi connectivity index (χ1) is 7.56. The van der Waals surface area contributed by atoms with Crippen molar-refractivity contribution in [2.75, 3.05) is 13.6 Å². The average Bonchev–Trinajstić information content (AvgIpc) is 2.12. The van der Waals surface area contributed by atoms with Crippen LogP contribution in [0.25, 0.3) is 0 Å². The van der Waals surface area contributed by atoms with Gasteiger partial charge in [0.15, 0.2) is 0 Å². The lowest BCUT2D eigenvalue weighted by Crippen LogP contribution is -2.73. The molecule has 0 aromatic rings. The van der Waals surface area contributed by atoms with Crippen LogP contribution in [-0.4, -0.2) is 29.2 Å². The third-order valence-corrected chi connectivity index (χ3v) is 6.75. The fraction of sp³-hybridized carbons (Fsp3) is 1.00. The van der Waals surface area contributed by atoms with Gasteiger partial charge >= 0.3 is 0 Å². The van der Waals surface area contributed by atoms with Crippen molar-refractivity contribution in [1.82, 2.24) is 0 Å². The van der Waals surface area contributed by atoms with E-state index in [1.165, 1.54) is 0 Å². The van der Waals surface area contributed by atoms with Gasteiger partial charge in [0.25, 0.3) is 0 Å².